The summed E-state index contributed by atoms with van der Waals surface area (Å²) >= 11 is 0. The lowest BCUT2D eigenvalue weighted by atomic mass is 10.1. The lowest BCUT2D eigenvalue weighted by Gasteiger charge is -2.17. The van der Waals surface area contributed by atoms with Crippen molar-refractivity contribution in [2.45, 2.75) is 25.1 Å². The molecular formula is C10H14FN3O4. The molecule has 0 radical (unpaired) electrons. The van der Waals surface area contributed by atoms with Crippen LogP contribution in [0, 0.1) is 5.82 Å². The van der Waals surface area contributed by atoms with Crippen molar-refractivity contribution in [1.82, 2.24) is 14.6 Å². The second kappa shape index (κ2) is 5.01. The number of hydrogen-bond donors (Lipinski definition) is 2. The van der Waals surface area contributed by atoms with Gasteiger partial charge in [0.25, 0.3) is 5.56 Å². The van der Waals surface area contributed by atoms with Crippen LogP contribution in [0.2, 0.25) is 0 Å². The Balaban J connectivity index is 2.17. The molecule has 0 aromatic carbocycles. The summed E-state index contributed by atoms with van der Waals surface area (Å²) in [4.78, 5) is 29.5. The van der Waals surface area contributed by atoms with Gasteiger partial charge in [-0.1, -0.05) is 0 Å². The number of hydroxylamine groups is 2. The van der Waals surface area contributed by atoms with Crippen molar-refractivity contribution in [3.05, 3.63) is 32.9 Å². The summed E-state index contributed by atoms with van der Waals surface area (Å²) in [7, 11) is 1.67. The van der Waals surface area contributed by atoms with Gasteiger partial charge in [-0.2, -0.15) is 9.45 Å². The van der Waals surface area contributed by atoms with E-state index < -0.39 is 17.1 Å². The highest BCUT2D eigenvalue weighted by atomic mass is 19.1. The van der Waals surface area contributed by atoms with Gasteiger partial charge in [0.1, 0.15) is 6.10 Å². The Morgan fingerprint density at radius 3 is 2.94 bits per heavy atom. The van der Waals surface area contributed by atoms with Crippen LogP contribution in [0.3, 0.4) is 0 Å². The standard InChI is InChI=1S/C10H14FN3O4/c1-13-6(2-7(5-15)18-13)3-14-4-8(11)9(16)12-10(14)17/h4,6-7,15H,2-3,5H2,1H3,(H,12,16,17)/t6-,7-/m0/s1. The maximum Gasteiger partial charge on any atom is 0.328 e. The van der Waals surface area contributed by atoms with E-state index in [1.54, 1.807) is 7.05 Å². The molecule has 1 aromatic rings. The van der Waals surface area contributed by atoms with Gasteiger partial charge in [-0.05, 0) is 6.42 Å². The SMILES string of the molecule is CN1O[C@H](CO)C[C@H]1Cn1cc(F)c(=O)[nH]c1=O. The summed E-state index contributed by atoms with van der Waals surface area (Å²) in [6, 6.07) is -0.162. The highest BCUT2D eigenvalue weighted by Crippen LogP contribution is 2.19. The smallest absolute Gasteiger partial charge is 0.328 e. The van der Waals surface area contributed by atoms with Crippen molar-refractivity contribution in [3.8, 4) is 0 Å². The molecule has 0 unspecified atom stereocenters. The number of nitrogens with zero attached hydrogens (tertiary/aromatic N) is 2. The lowest BCUT2D eigenvalue weighted by molar-refractivity contribution is -0.153. The van der Waals surface area contributed by atoms with Crippen LogP contribution in [0.5, 0.6) is 0 Å². The number of halogens is 1. The van der Waals surface area contributed by atoms with Gasteiger partial charge in [-0.3, -0.25) is 19.2 Å². The Bertz CT molecular complexity index is 541. The molecule has 100 valence electrons. The average Bonchev–Trinajstić information content (AvgIpc) is 2.67. The molecule has 7 nitrogen and oxygen atoms in total. The van der Waals surface area contributed by atoms with Gasteiger partial charge in [0.05, 0.1) is 18.8 Å². The van der Waals surface area contributed by atoms with Crippen molar-refractivity contribution < 1.29 is 14.3 Å². The van der Waals surface area contributed by atoms with Gasteiger partial charge in [-0.25, -0.2) is 4.79 Å². The summed E-state index contributed by atoms with van der Waals surface area (Å²) in [5.41, 5.74) is -1.69. The Kier molecular flexibility index (Phi) is 3.60. The van der Waals surface area contributed by atoms with E-state index in [9.17, 15) is 14.0 Å². The zero-order chi connectivity index (χ0) is 13.3. The minimum absolute atomic E-state index is 0.115. The Morgan fingerprint density at radius 1 is 1.61 bits per heavy atom. The van der Waals surface area contributed by atoms with Crippen molar-refractivity contribution in [2.24, 2.45) is 0 Å². The molecule has 2 heterocycles. The minimum Gasteiger partial charge on any atom is -0.394 e. The summed E-state index contributed by atoms with van der Waals surface area (Å²) < 4.78 is 14.2. The number of hydrogen-bond acceptors (Lipinski definition) is 5. The van der Waals surface area contributed by atoms with E-state index >= 15 is 0 Å². The van der Waals surface area contributed by atoms with Gasteiger partial charge in [0, 0.05) is 13.6 Å². The van der Waals surface area contributed by atoms with Gasteiger partial charge >= 0.3 is 5.69 Å². The van der Waals surface area contributed by atoms with Crippen LogP contribution in [-0.2, 0) is 11.4 Å². The molecule has 0 saturated carbocycles. The fourth-order valence-corrected chi connectivity index (χ4v) is 1.96. The molecule has 0 bridgehead atoms. The van der Waals surface area contributed by atoms with Crippen molar-refractivity contribution in [2.75, 3.05) is 13.7 Å². The Hall–Kier alpha value is -1.51. The van der Waals surface area contributed by atoms with Crippen LogP contribution in [0.15, 0.2) is 15.8 Å². The number of aliphatic hydroxyl groups excluding tert-OH is 1. The third-order valence-electron chi connectivity index (χ3n) is 2.94. The number of aromatic nitrogens is 2. The molecule has 1 aromatic heterocycles. The maximum atomic E-state index is 13.1. The van der Waals surface area contributed by atoms with E-state index in [4.69, 9.17) is 9.94 Å². The van der Waals surface area contributed by atoms with Crippen molar-refractivity contribution >= 4 is 0 Å². The van der Waals surface area contributed by atoms with Crippen molar-refractivity contribution in [1.29, 1.82) is 0 Å². The van der Waals surface area contributed by atoms with Gasteiger partial charge < -0.3 is 5.11 Å². The molecule has 1 fully saturated rings. The lowest BCUT2D eigenvalue weighted by Crippen LogP contribution is -2.37. The molecule has 8 heteroatoms. The number of nitrogens with one attached hydrogen (secondary N) is 1. The normalized spacial score (nSPS) is 24.6. The van der Waals surface area contributed by atoms with Crippen LogP contribution >= 0.6 is 0 Å². The van der Waals surface area contributed by atoms with E-state index in [2.05, 4.69) is 0 Å². The van der Waals surface area contributed by atoms with Crippen LogP contribution in [0.1, 0.15) is 6.42 Å². The molecule has 1 aliphatic rings. The fraction of sp³-hybridized carbons (Fsp3) is 0.600. The number of H-pyrrole nitrogens is 1. The van der Waals surface area contributed by atoms with Gasteiger partial charge in [0.15, 0.2) is 0 Å². The summed E-state index contributed by atoms with van der Waals surface area (Å²) in [5, 5.41) is 10.5. The molecule has 1 saturated heterocycles. The fourth-order valence-electron chi connectivity index (χ4n) is 1.96. The highest BCUT2D eigenvalue weighted by Gasteiger charge is 2.30. The van der Waals surface area contributed by atoms with E-state index in [1.807, 2.05) is 4.98 Å². The molecule has 0 spiro atoms. The van der Waals surface area contributed by atoms with Crippen LogP contribution in [0.4, 0.5) is 4.39 Å². The molecular weight excluding hydrogens is 245 g/mol. The van der Waals surface area contributed by atoms with Crippen LogP contribution < -0.4 is 11.2 Å². The highest BCUT2D eigenvalue weighted by molar-refractivity contribution is 4.88. The van der Waals surface area contributed by atoms with E-state index in [1.165, 1.54) is 5.06 Å². The number of aliphatic hydroxyl groups is 1. The minimum atomic E-state index is -1.03. The predicted octanol–water partition coefficient (Wildman–Crippen LogP) is -1.33. The molecule has 2 rings (SSSR count). The largest absolute Gasteiger partial charge is 0.394 e. The quantitative estimate of drug-likeness (QED) is 0.702. The molecule has 0 aliphatic carbocycles. The summed E-state index contributed by atoms with van der Waals surface area (Å²) in [6.45, 7) is 0.0647. The molecule has 0 amide bonds. The first-order valence-electron chi connectivity index (χ1n) is 5.51. The maximum absolute atomic E-state index is 13.1. The van der Waals surface area contributed by atoms with Crippen molar-refractivity contribution in [3.63, 3.8) is 0 Å². The van der Waals surface area contributed by atoms with Gasteiger partial charge in [-0.15, -0.1) is 0 Å². The number of rotatable bonds is 3. The Labute approximate surface area is 101 Å². The monoisotopic (exact) mass is 259 g/mol. The summed E-state index contributed by atoms with van der Waals surface area (Å²) in [6.07, 6.45) is 1.09. The molecule has 2 atom stereocenters. The number of likely N-dealkylation sites (N-methyl/N-ethyl adjacent to an activating group) is 1. The first-order chi connectivity index (χ1) is 8.51. The second-order valence-corrected chi connectivity index (χ2v) is 4.23. The Morgan fingerprint density at radius 2 is 2.33 bits per heavy atom. The topological polar surface area (TPSA) is 87.6 Å². The average molecular weight is 259 g/mol. The summed E-state index contributed by atoms with van der Waals surface area (Å²) in [5.74, 6) is -1.00. The zero-order valence-corrected chi connectivity index (χ0v) is 9.80. The van der Waals surface area contributed by atoms with E-state index in [0.717, 1.165) is 10.8 Å². The van der Waals surface area contributed by atoms with Gasteiger partial charge in [0.2, 0.25) is 5.82 Å². The zero-order valence-electron chi connectivity index (χ0n) is 9.80. The molecule has 18 heavy (non-hydrogen) atoms. The third kappa shape index (κ3) is 2.50. The molecule has 2 N–H and O–H groups in total. The molecule has 1 aliphatic heterocycles. The van der Waals surface area contributed by atoms with E-state index in [0.29, 0.717) is 6.42 Å². The van der Waals surface area contributed by atoms with Crippen LogP contribution in [-0.4, -0.2) is 45.5 Å². The van der Waals surface area contributed by atoms with Crippen LogP contribution in [0.25, 0.3) is 0 Å². The van der Waals surface area contributed by atoms with E-state index in [-0.39, 0.29) is 25.3 Å². The third-order valence-corrected chi connectivity index (χ3v) is 2.94. The first-order valence-corrected chi connectivity index (χ1v) is 5.51. The number of aromatic amines is 1. The second-order valence-electron chi connectivity index (χ2n) is 4.23. The predicted molar refractivity (Wildman–Crippen MR) is 59.4 cm³/mol. The first kappa shape index (κ1) is 12.9.